The number of rotatable bonds is 6. The first-order chi connectivity index (χ1) is 5.79. The van der Waals surface area contributed by atoms with Crippen LogP contribution in [0.4, 0.5) is 0 Å². The number of hydrogen-bond acceptors (Lipinski definition) is 0. The lowest BCUT2D eigenvalue weighted by Gasteiger charge is -2.31. The van der Waals surface area contributed by atoms with Crippen molar-refractivity contribution in [1.82, 2.24) is 0 Å². The maximum atomic E-state index is 3.70. The quantitative estimate of drug-likeness (QED) is 0.597. The Hall–Kier alpha value is 0.480. The number of unbranched alkanes of at least 4 members (excludes halogenated alkanes) is 1. The monoisotopic (exact) mass is 232 g/mol. The number of hydrogen-bond donors (Lipinski definition) is 0. The minimum atomic E-state index is 0.663. The summed E-state index contributed by atoms with van der Waals surface area (Å²) in [5, 5.41) is 1.22. The second kappa shape index (κ2) is 4.64. The third-order valence-corrected chi connectivity index (χ3v) is 4.56. The van der Waals surface area contributed by atoms with Crippen molar-refractivity contribution in [3.63, 3.8) is 0 Å². The van der Waals surface area contributed by atoms with E-state index in [2.05, 4.69) is 29.8 Å². The Balaban J connectivity index is 2.43. The van der Waals surface area contributed by atoms with Crippen molar-refractivity contribution in [2.45, 2.75) is 52.4 Å². The molecular weight excluding hydrogens is 212 g/mol. The highest BCUT2D eigenvalue weighted by Crippen LogP contribution is 2.51. The topological polar surface area (TPSA) is 0 Å². The second-order valence-corrected chi connectivity index (χ2v) is 4.79. The molecule has 0 bridgehead atoms. The lowest BCUT2D eigenvalue weighted by Crippen LogP contribution is -2.24. The van der Waals surface area contributed by atoms with Gasteiger partial charge in [-0.1, -0.05) is 42.6 Å². The molecule has 0 amide bonds. The molecule has 0 aromatic heterocycles. The van der Waals surface area contributed by atoms with Crippen molar-refractivity contribution in [1.29, 1.82) is 0 Å². The normalized spacial score (nSPS) is 22.2. The SMILES string of the molecule is CCCCC(CC)(CBr)C1CC1. The first-order valence-corrected chi connectivity index (χ1v) is 6.47. The van der Waals surface area contributed by atoms with Crippen LogP contribution >= 0.6 is 15.9 Å². The van der Waals surface area contributed by atoms with Gasteiger partial charge in [-0.3, -0.25) is 0 Å². The van der Waals surface area contributed by atoms with E-state index in [1.807, 2.05) is 0 Å². The van der Waals surface area contributed by atoms with E-state index in [1.54, 1.807) is 0 Å². The van der Waals surface area contributed by atoms with Crippen molar-refractivity contribution in [3.8, 4) is 0 Å². The lowest BCUT2D eigenvalue weighted by molar-refractivity contribution is 0.241. The van der Waals surface area contributed by atoms with E-state index in [9.17, 15) is 0 Å². The highest BCUT2D eigenvalue weighted by Gasteiger charge is 2.42. The summed E-state index contributed by atoms with van der Waals surface area (Å²) in [5.74, 6) is 1.05. The maximum absolute atomic E-state index is 3.70. The molecule has 0 spiro atoms. The van der Waals surface area contributed by atoms with Gasteiger partial charge < -0.3 is 0 Å². The fourth-order valence-electron chi connectivity index (χ4n) is 2.16. The molecule has 0 nitrogen and oxygen atoms in total. The van der Waals surface area contributed by atoms with Gasteiger partial charge in [0.1, 0.15) is 0 Å². The Kier molecular flexibility index (Phi) is 4.09. The van der Waals surface area contributed by atoms with E-state index in [0.717, 1.165) is 5.92 Å². The van der Waals surface area contributed by atoms with Crippen LogP contribution in [0.25, 0.3) is 0 Å². The Morgan fingerprint density at radius 3 is 2.33 bits per heavy atom. The molecule has 1 heteroatoms. The zero-order valence-electron chi connectivity index (χ0n) is 8.41. The summed E-state index contributed by atoms with van der Waals surface area (Å²) in [5.41, 5.74) is 0.663. The van der Waals surface area contributed by atoms with Crippen LogP contribution in [0.15, 0.2) is 0 Å². The lowest BCUT2D eigenvalue weighted by atomic mass is 9.78. The van der Waals surface area contributed by atoms with Crippen molar-refractivity contribution in [2.75, 3.05) is 5.33 Å². The molecule has 1 saturated carbocycles. The fourth-order valence-corrected chi connectivity index (χ4v) is 3.30. The van der Waals surface area contributed by atoms with Gasteiger partial charge in [-0.25, -0.2) is 0 Å². The van der Waals surface area contributed by atoms with E-state index < -0.39 is 0 Å². The molecule has 0 aromatic rings. The minimum Gasteiger partial charge on any atom is -0.0922 e. The molecule has 1 rings (SSSR count). The Labute approximate surface area is 85.3 Å². The second-order valence-electron chi connectivity index (χ2n) is 4.23. The summed E-state index contributed by atoms with van der Waals surface area (Å²) in [4.78, 5) is 0. The average Bonchev–Trinajstić information content (AvgIpc) is 2.91. The molecule has 1 unspecified atom stereocenters. The molecule has 1 atom stereocenters. The van der Waals surface area contributed by atoms with E-state index in [1.165, 1.54) is 43.9 Å². The Morgan fingerprint density at radius 2 is 2.00 bits per heavy atom. The molecule has 12 heavy (non-hydrogen) atoms. The molecule has 0 aromatic carbocycles. The van der Waals surface area contributed by atoms with Gasteiger partial charge in [0.05, 0.1) is 0 Å². The summed E-state index contributed by atoms with van der Waals surface area (Å²) in [6.07, 6.45) is 8.54. The molecule has 0 saturated heterocycles. The zero-order valence-corrected chi connectivity index (χ0v) is 9.99. The van der Waals surface area contributed by atoms with E-state index in [4.69, 9.17) is 0 Å². The first kappa shape index (κ1) is 10.6. The molecule has 0 heterocycles. The van der Waals surface area contributed by atoms with Crippen LogP contribution in [-0.2, 0) is 0 Å². The summed E-state index contributed by atoms with van der Waals surface area (Å²) in [6, 6.07) is 0. The smallest absolute Gasteiger partial charge is 0.00905 e. The summed E-state index contributed by atoms with van der Waals surface area (Å²) >= 11 is 3.70. The van der Waals surface area contributed by atoms with Gasteiger partial charge in [-0.05, 0) is 37.0 Å². The maximum Gasteiger partial charge on any atom is 0.00905 e. The molecule has 0 N–H and O–H groups in total. The van der Waals surface area contributed by atoms with E-state index in [0.29, 0.717) is 5.41 Å². The summed E-state index contributed by atoms with van der Waals surface area (Å²) in [6.45, 7) is 4.65. The molecule has 1 aliphatic rings. The fraction of sp³-hybridized carbons (Fsp3) is 1.00. The van der Waals surface area contributed by atoms with Crippen molar-refractivity contribution in [2.24, 2.45) is 11.3 Å². The Morgan fingerprint density at radius 1 is 1.33 bits per heavy atom. The van der Waals surface area contributed by atoms with Gasteiger partial charge in [-0.15, -0.1) is 0 Å². The van der Waals surface area contributed by atoms with Crippen molar-refractivity contribution >= 4 is 15.9 Å². The highest BCUT2D eigenvalue weighted by atomic mass is 79.9. The zero-order chi connectivity index (χ0) is 9.03. The van der Waals surface area contributed by atoms with Gasteiger partial charge >= 0.3 is 0 Å². The van der Waals surface area contributed by atoms with Crippen LogP contribution in [0.1, 0.15) is 52.4 Å². The first-order valence-electron chi connectivity index (χ1n) is 5.35. The van der Waals surface area contributed by atoms with Gasteiger partial charge in [0.15, 0.2) is 0 Å². The van der Waals surface area contributed by atoms with E-state index in [-0.39, 0.29) is 0 Å². The molecule has 1 fully saturated rings. The summed E-state index contributed by atoms with van der Waals surface area (Å²) in [7, 11) is 0. The van der Waals surface area contributed by atoms with Crippen LogP contribution in [0.3, 0.4) is 0 Å². The third-order valence-electron chi connectivity index (χ3n) is 3.44. The molecule has 72 valence electrons. The minimum absolute atomic E-state index is 0.663. The highest BCUT2D eigenvalue weighted by molar-refractivity contribution is 9.09. The molecular formula is C11H21Br. The predicted molar refractivity (Wildman–Crippen MR) is 58.8 cm³/mol. The van der Waals surface area contributed by atoms with Crippen LogP contribution in [-0.4, -0.2) is 5.33 Å². The van der Waals surface area contributed by atoms with Crippen molar-refractivity contribution in [3.05, 3.63) is 0 Å². The molecule has 0 radical (unpaired) electrons. The van der Waals surface area contributed by atoms with Gasteiger partial charge in [0, 0.05) is 5.33 Å². The predicted octanol–water partition coefficient (Wildman–Crippen LogP) is 4.38. The number of alkyl halides is 1. The van der Waals surface area contributed by atoms with Crippen LogP contribution < -0.4 is 0 Å². The van der Waals surface area contributed by atoms with Gasteiger partial charge in [-0.2, -0.15) is 0 Å². The third kappa shape index (κ3) is 2.25. The van der Waals surface area contributed by atoms with E-state index >= 15 is 0 Å². The molecule has 0 aliphatic heterocycles. The summed E-state index contributed by atoms with van der Waals surface area (Å²) < 4.78 is 0. The standard InChI is InChI=1S/C11H21Br/c1-3-5-8-11(4-2,9-12)10-6-7-10/h10H,3-9H2,1-2H3. The van der Waals surface area contributed by atoms with Crippen molar-refractivity contribution < 1.29 is 0 Å². The van der Waals surface area contributed by atoms with Crippen LogP contribution in [0.2, 0.25) is 0 Å². The van der Waals surface area contributed by atoms with Crippen LogP contribution in [0.5, 0.6) is 0 Å². The van der Waals surface area contributed by atoms with Gasteiger partial charge in [0.2, 0.25) is 0 Å². The van der Waals surface area contributed by atoms with Crippen LogP contribution in [0, 0.1) is 11.3 Å². The number of halogens is 1. The van der Waals surface area contributed by atoms with Gasteiger partial charge in [0.25, 0.3) is 0 Å². The average molecular weight is 233 g/mol. The molecule has 1 aliphatic carbocycles. The largest absolute Gasteiger partial charge is 0.0922 e. The Bertz CT molecular complexity index is 123.